The van der Waals surface area contributed by atoms with E-state index in [-0.39, 0.29) is 5.78 Å². The summed E-state index contributed by atoms with van der Waals surface area (Å²) in [5, 5.41) is 6.49. The van der Waals surface area contributed by atoms with Crippen LogP contribution in [0.4, 0.5) is 0 Å². The van der Waals surface area contributed by atoms with Gasteiger partial charge < -0.3 is 20.8 Å². The number of oxazole rings is 1. The Hall–Kier alpha value is -3.48. The fourth-order valence-corrected chi connectivity index (χ4v) is 7.23. The topological polar surface area (TPSA) is 93.2 Å². The van der Waals surface area contributed by atoms with Crippen LogP contribution in [0.1, 0.15) is 88.5 Å². The fourth-order valence-electron chi connectivity index (χ4n) is 7.23. The third-order valence-electron chi connectivity index (χ3n) is 10.6. The number of ketones is 1. The molecule has 0 spiro atoms. The molecular formula is C41H58N4O2. The number of nitrogens with one attached hydrogen (secondary N) is 2. The minimum Gasteiger partial charge on any atom is -0.441 e. The van der Waals surface area contributed by atoms with Gasteiger partial charge in [0.1, 0.15) is 5.76 Å². The average molecular weight is 639 g/mol. The maximum Gasteiger partial charge on any atom is 0.226 e. The number of nitrogens with zero attached hydrogens (tertiary/aromatic N) is 1. The maximum atomic E-state index is 12.0. The van der Waals surface area contributed by atoms with Gasteiger partial charge in [-0.3, -0.25) is 4.79 Å². The zero-order chi connectivity index (χ0) is 33.8. The molecule has 3 aliphatic rings. The monoisotopic (exact) mass is 638 g/mol. The third-order valence-corrected chi connectivity index (χ3v) is 10.6. The normalized spacial score (nSPS) is 24.2. The standard InChI is InChI=1S/C18H22N2O.C13H16N2O.C10H20/c19-17(10-18(21)14-4-2-1-3-5-14)12-20-11-16-9-13-6-7-15(16)8-13;1-3-12-11(9-14-2)15-13(16-12)10-7-5-4-6-8-10;1-8-6-5-7-10(3,4)9(8)2/h1-7,10,13,15-16,20H,8-9,11-12,19H2;4-8,14H,3,9H2,1-2H3;8-9H,5-7H2,1-4H3/b17-10-;;. The van der Waals surface area contributed by atoms with Gasteiger partial charge in [-0.25, -0.2) is 4.98 Å². The lowest BCUT2D eigenvalue weighted by Gasteiger charge is -2.40. The smallest absolute Gasteiger partial charge is 0.226 e. The highest BCUT2D eigenvalue weighted by Crippen LogP contribution is 2.43. The van der Waals surface area contributed by atoms with Gasteiger partial charge in [-0.05, 0) is 80.0 Å². The summed E-state index contributed by atoms with van der Waals surface area (Å²) in [6.07, 6.45) is 14.1. The minimum atomic E-state index is -0.0299. The predicted octanol–water partition coefficient (Wildman–Crippen LogP) is 8.61. The highest BCUT2D eigenvalue weighted by atomic mass is 16.4. The number of aryl methyl sites for hydroxylation is 1. The lowest BCUT2D eigenvalue weighted by molar-refractivity contribution is 0.0995. The van der Waals surface area contributed by atoms with Crippen molar-refractivity contribution in [3.05, 3.63) is 102 Å². The summed E-state index contributed by atoms with van der Waals surface area (Å²) < 4.78 is 5.75. The van der Waals surface area contributed by atoms with E-state index in [9.17, 15) is 4.79 Å². The Morgan fingerprint density at radius 1 is 1.04 bits per heavy atom. The van der Waals surface area contributed by atoms with Crippen LogP contribution in [0.25, 0.3) is 11.5 Å². The number of carbonyl (C=O) groups excluding carboxylic acids is 1. The fraction of sp³-hybridized carbons (Fsp3) is 0.512. The van der Waals surface area contributed by atoms with E-state index in [2.05, 4.69) is 62.4 Å². The molecule has 6 heteroatoms. The summed E-state index contributed by atoms with van der Waals surface area (Å²) in [7, 11) is 1.91. The number of rotatable bonds is 10. The lowest BCUT2D eigenvalue weighted by atomic mass is 9.65. The van der Waals surface area contributed by atoms with E-state index in [1.165, 1.54) is 38.2 Å². The van der Waals surface area contributed by atoms with E-state index in [4.69, 9.17) is 10.2 Å². The maximum absolute atomic E-state index is 12.0. The van der Waals surface area contributed by atoms with Gasteiger partial charge in [-0.1, -0.05) is 108 Å². The molecule has 2 saturated carbocycles. The Kier molecular flexibility index (Phi) is 13.6. The van der Waals surface area contributed by atoms with Gasteiger partial charge in [-0.2, -0.15) is 0 Å². The summed E-state index contributed by atoms with van der Waals surface area (Å²) in [5.41, 5.74) is 9.86. The van der Waals surface area contributed by atoms with E-state index >= 15 is 0 Å². The SMILES string of the molecule is CC1CCCC(C)(C)C1C.CCc1oc(-c2ccccc2)nc1CNC.N/C(=C\C(=O)c1ccccc1)CNCC1CC2C=CC1C2. The molecule has 1 heterocycles. The quantitative estimate of drug-likeness (QED) is 0.117. The Labute approximate surface area is 283 Å². The van der Waals surface area contributed by atoms with Crippen LogP contribution in [0.3, 0.4) is 0 Å². The number of benzene rings is 2. The number of aromatic nitrogens is 1. The molecule has 5 atom stereocenters. The Morgan fingerprint density at radius 3 is 2.32 bits per heavy atom. The van der Waals surface area contributed by atoms with Crippen LogP contribution in [0.2, 0.25) is 0 Å². The van der Waals surface area contributed by atoms with Crippen LogP contribution in [-0.2, 0) is 13.0 Å². The number of fused-ring (bicyclic) bond motifs is 2. The zero-order valence-electron chi connectivity index (χ0n) is 29.6. The number of hydrogen-bond donors (Lipinski definition) is 3. The van der Waals surface area contributed by atoms with E-state index in [0.29, 0.717) is 29.1 Å². The van der Waals surface area contributed by atoms with Crippen LogP contribution in [0.15, 0.2) is 89.0 Å². The molecule has 0 amide bonds. The second kappa shape index (κ2) is 17.6. The van der Waals surface area contributed by atoms with Crippen LogP contribution in [0.5, 0.6) is 0 Å². The van der Waals surface area contributed by atoms with Gasteiger partial charge in [0, 0.05) is 42.4 Å². The van der Waals surface area contributed by atoms with Crippen LogP contribution >= 0.6 is 0 Å². The van der Waals surface area contributed by atoms with Crippen molar-refractivity contribution in [2.24, 2.45) is 40.7 Å². The molecule has 5 unspecified atom stereocenters. The summed E-state index contributed by atoms with van der Waals surface area (Å²) in [6, 6.07) is 19.2. The molecule has 0 aliphatic heterocycles. The molecule has 0 saturated heterocycles. The van der Waals surface area contributed by atoms with Crippen molar-refractivity contribution in [1.29, 1.82) is 0 Å². The lowest BCUT2D eigenvalue weighted by Crippen LogP contribution is -2.31. The first-order chi connectivity index (χ1) is 22.6. The van der Waals surface area contributed by atoms with E-state index in [0.717, 1.165) is 66.1 Å². The summed E-state index contributed by atoms with van der Waals surface area (Å²) in [4.78, 5) is 16.5. The molecule has 6 rings (SSSR count). The van der Waals surface area contributed by atoms with Crippen molar-refractivity contribution < 1.29 is 9.21 Å². The van der Waals surface area contributed by atoms with Gasteiger partial charge in [0.05, 0.1) is 5.69 Å². The van der Waals surface area contributed by atoms with Crippen molar-refractivity contribution in [2.45, 2.75) is 79.7 Å². The van der Waals surface area contributed by atoms with E-state index in [1.54, 1.807) is 12.1 Å². The Bertz CT molecular complexity index is 1440. The molecule has 2 fully saturated rings. The molecule has 6 nitrogen and oxygen atoms in total. The number of allylic oxidation sites excluding steroid dienone is 3. The highest BCUT2D eigenvalue weighted by molar-refractivity contribution is 6.04. The molecule has 0 radical (unpaired) electrons. The Balaban J connectivity index is 0.000000170. The number of carbonyl (C=O) groups is 1. The summed E-state index contributed by atoms with van der Waals surface area (Å²) in [5.74, 6) is 5.80. The van der Waals surface area contributed by atoms with Crippen molar-refractivity contribution in [3.8, 4) is 11.5 Å². The summed E-state index contributed by atoms with van der Waals surface area (Å²) >= 11 is 0. The van der Waals surface area contributed by atoms with Gasteiger partial charge in [0.2, 0.25) is 5.89 Å². The number of hydrogen-bond acceptors (Lipinski definition) is 6. The van der Waals surface area contributed by atoms with Gasteiger partial charge in [0.15, 0.2) is 5.78 Å². The van der Waals surface area contributed by atoms with Crippen LogP contribution in [-0.4, -0.2) is 30.9 Å². The molecule has 2 bridgehead atoms. The van der Waals surface area contributed by atoms with E-state index < -0.39 is 0 Å². The summed E-state index contributed by atoms with van der Waals surface area (Å²) in [6.45, 7) is 14.0. The number of nitrogens with two attached hydrogens (primary N) is 1. The molecule has 254 valence electrons. The van der Waals surface area contributed by atoms with Crippen molar-refractivity contribution in [2.75, 3.05) is 20.1 Å². The first kappa shape index (κ1) is 36.4. The van der Waals surface area contributed by atoms with Gasteiger partial charge >= 0.3 is 0 Å². The molecule has 3 aromatic rings. The minimum absolute atomic E-state index is 0.0299. The van der Waals surface area contributed by atoms with Crippen molar-refractivity contribution in [1.82, 2.24) is 15.6 Å². The molecule has 47 heavy (non-hydrogen) atoms. The van der Waals surface area contributed by atoms with Crippen LogP contribution < -0.4 is 16.4 Å². The second-order valence-electron chi connectivity index (χ2n) is 14.4. The molecule has 1 aromatic heterocycles. The second-order valence-corrected chi connectivity index (χ2v) is 14.4. The molecular weight excluding hydrogens is 580 g/mol. The molecule has 2 aromatic carbocycles. The highest BCUT2D eigenvalue weighted by Gasteiger charge is 2.35. The first-order valence-electron chi connectivity index (χ1n) is 17.7. The first-order valence-corrected chi connectivity index (χ1v) is 17.7. The predicted molar refractivity (Wildman–Crippen MR) is 195 cm³/mol. The van der Waals surface area contributed by atoms with E-state index in [1.807, 2.05) is 55.6 Å². The van der Waals surface area contributed by atoms with Gasteiger partial charge in [0.25, 0.3) is 0 Å². The molecule has 4 N–H and O–H groups in total. The van der Waals surface area contributed by atoms with Gasteiger partial charge in [-0.15, -0.1) is 0 Å². The molecule has 3 aliphatic carbocycles. The third kappa shape index (κ3) is 10.5. The van der Waals surface area contributed by atoms with Crippen LogP contribution in [0, 0.1) is 35.0 Å². The zero-order valence-corrected chi connectivity index (χ0v) is 29.6. The largest absolute Gasteiger partial charge is 0.441 e. The van der Waals surface area contributed by atoms with Crippen molar-refractivity contribution in [3.63, 3.8) is 0 Å². The average Bonchev–Trinajstić information content (AvgIpc) is 3.82. The van der Waals surface area contributed by atoms with Crippen molar-refractivity contribution >= 4 is 5.78 Å². The Morgan fingerprint density at radius 2 is 1.74 bits per heavy atom.